The molecular formula is C15H21ClN2O3. The third kappa shape index (κ3) is 4.02. The number of hydrogen-bond donors (Lipinski definition) is 1. The summed E-state index contributed by atoms with van der Waals surface area (Å²) in [4.78, 5) is 14.4. The number of nitrogens with one attached hydrogen (secondary N) is 1. The number of amides is 1. The summed E-state index contributed by atoms with van der Waals surface area (Å²) in [6.07, 6.45) is 4.33. The summed E-state index contributed by atoms with van der Waals surface area (Å²) >= 11 is 0. The number of benzene rings is 1. The van der Waals surface area contributed by atoms with Crippen LogP contribution in [0.15, 0.2) is 18.2 Å². The summed E-state index contributed by atoms with van der Waals surface area (Å²) in [5.74, 6) is 1.36. The van der Waals surface area contributed by atoms with Crippen molar-refractivity contribution in [2.45, 2.75) is 25.7 Å². The molecule has 1 saturated heterocycles. The highest BCUT2D eigenvalue weighted by Crippen LogP contribution is 2.38. The molecule has 1 N–H and O–H groups in total. The van der Waals surface area contributed by atoms with Crippen molar-refractivity contribution in [2.24, 2.45) is 0 Å². The van der Waals surface area contributed by atoms with Gasteiger partial charge >= 0.3 is 0 Å². The predicted molar refractivity (Wildman–Crippen MR) is 83.4 cm³/mol. The third-order valence-corrected chi connectivity index (χ3v) is 3.77. The van der Waals surface area contributed by atoms with Crippen molar-refractivity contribution in [3.05, 3.63) is 18.2 Å². The highest BCUT2D eigenvalue weighted by Gasteiger charge is 2.19. The van der Waals surface area contributed by atoms with E-state index < -0.39 is 0 Å². The van der Waals surface area contributed by atoms with Crippen LogP contribution in [0.25, 0.3) is 0 Å². The Morgan fingerprint density at radius 3 is 2.81 bits per heavy atom. The molecule has 1 aromatic carbocycles. The monoisotopic (exact) mass is 312 g/mol. The normalized spacial score (nSPS) is 17.1. The number of fused-ring (bicyclic) bond motifs is 1. The van der Waals surface area contributed by atoms with Gasteiger partial charge in [0.2, 0.25) is 12.7 Å². The number of ether oxygens (including phenoxy) is 2. The molecule has 21 heavy (non-hydrogen) atoms. The topological polar surface area (TPSA) is 50.8 Å². The Bertz CT molecular complexity index is 490. The molecule has 0 aromatic heterocycles. The first-order chi connectivity index (χ1) is 9.83. The van der Waals surface area contributed by atoms with Crippen LogP contribution in [0, 0.1) is 0 Å². The second-order valence-corrected chi connectivity index (χ2v) is 5.24. The lowest BCUT2D eigenvalue weighted by molar-refractivity contribution is -0.116. The van der Waals surface area contributed by atoms with E-state index in [1.165, 1.54) is 19.3 Å². The molecule has 0 radical (unpaired) electrons. The third-order valence-electron chi connectivity index (χ3n) is 3.77. The van der Waals surface area contributed by atoms with E-state index in [9.17, 15) is 4.79 Å². The average molecular weight is 313 g/mol. The Kier molecular flexibility index (Phi) is 5.70. The van der Waals surface area contributed by atoms with Crippen molar-refractivity contribution >= 4 is 24.0 Å². The van der Waals surface area contributed by atoms with Gasteiger partial charge in [0.1, 0.15) is 0 Å². The minimum atomic E-state index is 0. The van der Waals surface area contributed by atoms with Crippen LogP contribution < -0.4 is 14.8 Å². The van der Waals surface area contributed by atoms with Gasteiger partial charge in [-0.2, -0.15) is 0 Å². The van der Waals surface area contributed by atoms with E-state index in [0.717, 1.165) is 19.6 Å². The summed E-state index contributed by atoms with van der Waals surface area (Å²) in [5.41, 5.74) is 0.698. The van der Waals surface area contributed by atoms with Crippen molar-refractivity contribution < 1.29 is 14.3 Å². The van der Waals surface area contributed by atoms with Crippen LogP contribution in [0.1, 0.15) is 25.7 Å². The average Bonchev–Trinajstić information content (AvgIpc) is 2.96. The number of anilines is 1. The molecule has 1 amide bonds. The molecule has 1 fully saturated rings. The van der Waals surface area contributed by atoms with Gasteiger partial charge in [0.15, 0.2) is 11.5 Å². The lowest BCUT2D eigenvalue weighted by Crippen LogP contribution is -2.32. The molecule has 3 rings (SSSR count). The van der Waals surface area contributed by atoms with Gasteiger partial charge in [0, 0.05) is 13.0 Å². The molecule has 0 aliphatic carbocycles. The fourth-order valence-electron chi connectivity index (χ4n) is 2.68. The molecule has 116 valence electrons. The smallest absolute Gasteiger partial charge is 0.231 e. The lowest BCUT2D eigenvalue weighted by Gasteiger charge is -2.25. The van der Waals surface area contributed by atoms with Crippen LogP contribution in [-0.4, -0.2) is 37.2 Å². The molecule has 0 saturated carbocycles. The van der Waals surface area contributed by atoms with Crippen LogP contribution in [0.2, 0.25) is 0 Å². The first-order valence-electron chi connectivity index (χ1n) is 7.24. The van der Waals surface area contributed by atoms with Crippen LogP contribution in [0.3, 0.4) is 0 Å². The number of hydrogen-bond acceptors (Lipinski definition) is 4. The number of piperidine rings is 1. The van der Waals surface area contributed by atoms with Crippen molar-refractivity contribution in [3.8, 4) is 11.5 Å². The van der Waals surface area contributed by atoms with Gasteiger partial charge in [0.25, 0.3) is 0 Å². The first-order valence-corrected chi connectivity index (χ1v) is 7.24. The van der Waals surface area contributed by atoms with E-state index in [4.69, 9.17) is 9.47 Å². The number of carbonyl (C=O) groups is 1. The number of likely N-dealkylation sites (tertiary alicyclic amines) is 1. The van der Waals surface area contributed by atoms with E-state index in [1.807, 2.05) is 18.2 Å². The highest BCUT2D eigenvalue weighted by molar-refractivity contribution is 5.93. The zero-order valence-corrected chi connectivity index (χ0v) is 12.8. The maximum atomic E-state index is 12.0. The molecule has 0 bridgehead atoms. The second kappa shape index (κ2) is 7.52. The Labute approximate surface area is 131 Å². The van der Waals surface area contributed by atoms with E-state index in [2.05, 4.69) is 10.2 Å². The van der Waals surface area contributed by atoms with Crippen LogP contribution in [-0.2, 0) is 4.79 Å². The Morgan fingerprint density at radius 1 is 1.19 bits per heavy atom. The lowest BCUT2D eigenvalue weighted by atomic mass is 10.1. The molecule has 5 nitrogen and oxygen atoms in total. The summed E-state index contributed by atoms with van der Waals surface area (Å²) in [5, 5.41) is 2.91. The van der Waals surface area contributed by atoms with Crippen molar-refractivity contribution in [3.63, 3.8) is 0 Å². The van der Waals surface area contributed by atoms with Crippen molar-refractivity contribution in [2.75, 3.05) is 31.7 Å². The molecule has 1 aromatic rings. The maximum absolute atomic E-state index is 12.0. The molecule has 2 heterocycles. The molecule has 2 aliphatic heterocycles. The standard InChI is InChI=1S/C15H20N2O3.ClH/c18-14(7-10-17-8-2-1-3-9-17)16-12-5-4-6-13-15(12)20-11-19-13;/h4-6H,1-3,7-11H2,(H,16,18);1H. The quantitative estimate of drug-likeness (QED) is 0.928. The SMILES string of the molecule is Cl.O=C(CCN1CCCCC1)Nc1cccc2c1OCO2. The van der Waals surface area contributed by atoms with E-state index in [0.29, 0.717) is 23.6 Å². The van der Waals surface area contributed by atoms with Gasteiger partial charge in [-0.25, -0.2) is 0 Å². The molecule has 0 spiro atoms. The number of nitrogens with zero attached hydrogens (tertiary/aromatic N) is 1. The largest absolute Gasteiger partial charge is 0.454 e. The van der Waals surface area contributed by atoms with Crippen LogP contribution in [0.4, 0.5) is 5.69 Å². The fourth-order valence-corrected chi connectivity index (χ4v) is 2.68. The van der Waals surface area contributed by atoms with Crippen molar-refractivity contribution in [1.29, 1.82) is 0 Å². The Hall–Kier alpha value is -1.46. The minimum Gasteiger partial charge on any atom is -0.454 e. The van der Waals surface area contributed by atoms with E-state index in [-0.39, 0.29) is 25.1 Å². The summed E-state index contributed by atoms with van der Waals surface area (Å²) in [6.45, 7) is 3.28. The van der Waals surface area contributed by atoms with Crippen LogP contribution in [0.5, 0.6) is 11.5 Å². The summed E-state index contributed by atoms with van der Waals surface area (Å²) < 4.78 is 10.7. The zero-order chi connectivity index (χ0) is 13.8. The fraction of sp³-hybridized carbons (Fsp3) is 0.533. The summed E-state index contributed by atoms with van der Waals surface area (Å²) in [7, 11) is 0. The highest BCUT2D eigenvalue weighted by atomic mass is 35.5. The van der Waals surface area contributed by atoms with E-state index >= 15 is 0 Å². The molecular weight excluding hydrogens is 292 g/mol. The second-order valence-electron chi connectivity index (χ2n) is 5.24. The molecule has 2 aliphatic rings. The first kappa shape index (κ1) is 15.9. The Balaban J connectivity index is 0.00000161. The Morgan fingerprint density at radius 2 is 2.00 bits per heavy atom. The van der Waals surface area contributed by atoms with Crippen molar-refractivity contribution in [1.82, 2.24) is 4.90 Å². The number of carbonyl (C=O) groups excluding carboxylic acids is 1. The van der Waals surface area contributed by atoms with Gasteiger partial charge < -0.3 is 19.7 Å². The zero-order valence-electron chi connectivity index (χ0n) is 12.0. The number of rotatable bonds is 4. The van der Waals surface area contributed by atoms with Gasteiger partial charge in [-0.3, -0.25) is 4.79 Å². The maximum Gasteiger partial charge on any atom is 0.231 e. The van der Waals surface area contributed by atoms with Gasteiger partial charge in [-0.1, -0.05) is 12.5 Å². The van der Waals surface area contributed by atoms with Crippen LogP contribution >= 0.6 is 12.4 Å². The molecule has 0 atom stereocenters. The van der Waals surface area contributed by atoms with E-state index in [1.54, 1.807) is 0 Å². The predicted octanol–water partition coefficient (Wildman–Crippen LogP) is 2.65. The number of halogens is 1. The van der Waals surface area contributed by atoms with Gasteiger partial charge in [-0.05, 0) is 38.1 Å². The molecule has 0 unspecified atom stereocenters. The minimum absolute atomic E-state index is 0. The molecule has 6 heteroatoms. The summed E-state index contributed by atoms with van der Waals surface area (Å²) in [6, 6.07) is 5.53. The number of para-hydroxylation sites is 1. The van der Waals surface area contributed by atoms with Gasteiger partial charge in [-0.15, -0.1) is 12.4 Å². The van der Waals surface area contributed by atoms with Gasteiger partial charge in [0.05, 0.1) is 5.69 Å².